The van der Waals surface area contributed by atoms with Crippen LogP contribution in [0.4, 0.5) is 11.4 Å². The summed E-state index contributed by atoms with van der Waals surface area (Å²) >= 11 is 0. The van der Waals surface area contributed by atoms with Crippen LogP contribution in [0.3, 0.4) is 0 Å². The largest absolute Gasteiger partial charge is 0.330 e. The Labute approximate surface area is 158 Å². The van der Waals surface area contributed by atoms with Crippen LogP contribution in [0.15, 0.2) is 54.6 Å². The molecule has 7 heteroatoms. The Morgan fingerprint density at radius 1 is 1.19 bits per heavy atom. The van der Waals surface area contributed by atoms with Crippen molar-refractivity contribution in [1.29, 1.82) is 0 Å². The van der Waals surface area contributed by atoms with Crippen LogP contribution in [-0.2, 0) is 4.79 Å². The van der Waals surface area contributed by atoms with Crippen LogP contribution in [0.1, 0.15) is 11.5 Å². The molecule has 1 amide bonds. The van der Waals surface area contributed by atoms with E-state index in [-0.39, 0.29) is 11.6 Å². The Hall–Kier alpha value is -2.77. The molecule has 0 aromatic heterocycles. The molecule has 0 unspecified atom stereocenters. The summed E-state index contributed by atoms with van der Waals surface area (Å²) in [7, 11) is 1.69. The molecule has 7 nitrogen and oxygen atoms in total. The van der Waals surface area contributed by atoms with Gasteiger partial charge in [-0.3, -0.25) is 19.8 Å². The Morgan fingerprint density at radius 2 is 1.85 bits per heavy atom. The first-order chi connectivity index (χ1) is 13.0. The van der Waals surface area contributed by atoms with E-state index in [4.69, 9.17) is 5.73 Å². The van der Waals surface area contributed by atoms with Gasteiger partial charge in [0.05, 0.1) is 11.5 Å². The third-order valence-corrected chi connectivity index (χ3v) is 5.23. The van der Waals surface area contributed by atoms with E-state index in [1.807, 2.05) is 18.2 Å². The van der Waals surface area contributed by atoms with Crippen LogP contribution in [-0.4, -0.2) is 49.0 Å². The Balaban J connectivity index is 1.64. The maximum absolute atomic E-state index is 12.7. The molecule has 1 aliphatic heterocycles. The average molecular weight is 368 g/mol. The number of anilines is 1. The Morgan fingerprint density at radius 3 is 2.44 bits per heavy atom. The maximum Gasteiger partial charge on any atom is 0.269 e. The smallest absolute Gasteiger partial charge is 0.269 e. The number of nitrogens with two attached hydrogens (primary N) is 1. The van der Waals surface area contributed by atoms with Gasteiger partial charge in [-0.25, -0.2) is 0 Å². The van der Waals surface area contributed by atoms with Gasteiger partial charge in [0.25, 0.3) is 5.69 Å². The standard InChI is InChI=1S/C20H24N4O3/c1-22(17-7-9-18(10-8-17)24(26)27)20(25)14-23-12-16(11-21)19(13-23)15-5-3-2-4-6-15/h2-10,16,19H,11-14,21H2,1H3/t16-,19+/m1/s1. The summed E-state index contributed by atoms with van der Waals surface area (Å²) in [6.07, 6.45) is 0. The summed E-state index contributed by atoms with van der Waals surface area (Å²) in [5.74, 6) is 0.604. The lowest BCUT2D eigenvalue weighted by Crippen LogP contribution is -2.37. The third kappa shape index (κ3) is 4.32. The highest BCUT2D eigenvalue weighted by Crippen LogP contribution is 2.32. The normalized spacial score (nSPS) is 19.8. The minimum Gasteiger partial charge on any atom is -0.330 e. The molecule has 0 saturated carbocycles. The van der Waals surface area contributed by atoms with E-state index in [1.54, 1.807) is 19.2 Å². The monoisotopic (exact) mass is 368 g/mol. The zero-order valence-corrected chi connectivity index (χ0v) is 15.3. The molecular weight excluding hydrogens is 344 g/mol. The van der Waals surface area contributed by atoms with Crippen LogP contribution < -0.4 is 10.6 Å². The molecule has 0 spiro atoms. The number of nitro groups is 1. The first-order valence-electron chi connectivity index (χ1n) is 8.98. The highest BCUT2D eigenvalue weighted by Gasteiger charge is 2.34. The fourth-order valence-corrected chi connectivity index (χ4v) is 3.65. The van der Waals surface area contributed by atoms with Gasteiger partial charge in [0.2, 0.25) is 5.91 Å². The number of amides is 1. The molecule has 2 N–H and O–H groups in total. The highest BCUT2D eigenvalue weighted by molar-refractivity contribution is 5.94. The SMILES string of the molecule is CN(C(=O)CN1C[C@@H](CN)[C@H](c2ccccc2)C1)c1ccc([N+](=O)[O-])cc1. The van der Waals surface area contributed by atoms with Gasteiger partial charge in [0.1, 0.15) is 0 Å². The van der Waals surface area contributed by atoms with Crippen molar-refractivity contribution in [3.63, 3.8) is 0 Å². The van der Waals surface area contributed by atoms with Gasteiger partial charge in [-0.05, 0) is 30.2 Å². The Bertz CT molecular complexity index is 795. The van der Waals surface area contributed by atoms with Crippen molar-refractivity contribution in [2.45, 2.75) is 5.92 Å². The summed E-state index contributed by atoms with van der Waals surface area (Å²) in [5, 5.41) is 10.8. The number of hydrogen-bond acceptors (Lipinski definition) is 5. The van der Waals surface area contributed by atoms with Gasteiger partial charge in [0, 0.05) is 43.9 Å². The predicted octanol–water partition coefficient (Wildman–Crippen LogP) is 2.23. The van der Waals surface area contributed by atoms with E-state index in [1.165, 1.54) is 22.6 Å². The quantitative estimate of drug-likeness (QED) is 0.623. The lowest BCUT2D eigenvalue weighted by Gasteiger charge is -2.21. The molecule has 2 aromatic rings. The number of hydrogen-bond donors (Lipinski definition) is 1. The summed E-state index contributed by atoms with van der Waals surface area (Å²) < 4.78 is 0. The van der Waals surface area contributed by atoms with Crippen LogP contribution in [0.2, 0.25) is 0 Å². The second-order valence-corrected chi connectivity index (χ2v) is 6.93. The number of nitro benzene ring substituents is 1. The molecule has 142 valence electrons. The molecule has 1 heterocycles. The van der Waals surface area contributed by atoms with Crippen molar-refractivity contribution in [2.75, 3.05) is 38.1 Å². The number of carbonyl (C=O) groups is 1. The molecule has 1 saturated heterocycles. The van der Waals surface area contributed by atoms with Crippen molar-refractivity contribution in [3.8, 4) is 0 Å². The second-order valence-electron chi connectivity index (χ2n) is 6.93. The number of rotatable bonds is 6. The van der Waals surface area contributed by atoms with Crippen LogP contribution >= 0.6 is 0 Å². The van der Waals surface area contributed by atoms with Crippen molar-refractivity contribution in [3.05, 3.63) is 70.3 Å². The predicted molar refractivity (Wildman–Crippen MR) is 105 cm³/mol. The fourth-order valence-electron chi connectivity index (χ4n) is 3.65. The van der Waals surface area contributed by atoms with Gasteiger partial charge in [-0.1, -0.05) is 30.3 Å². The molecule has 0 bridgehead atoms. The van der Waals surface area contributed by atoms with E-state index in [0.717, 1.165) is 13.1 Å². The first kappa shape index (κ1) is 19.0. The lowest BCUT2D eigenvalue weighted by molar-refractivity contribution is -0.384. The van der Waals surface area contributed by atoms with Crippen LogP contribution in [0.25, 0.3) is 0 Å². The molecule has 0 aliphatic carbocycles. The summed E-state index contributed by atoms with van der Waals surface area (Å²) in [4.78, 5) is 26.7. The highest BCUT2D eigenvalue weighted by atomic mass is 16.6. The minimum atomic E-state index is -0.452. The average Bonchev–Trinajstić information content (AvgIpc) is 3.11. The maximum atomic E-state index is 12.7. The van der Waals surface area contributed by atoms with E-state index >= 15 is 0 Å². The van der Waals surface area contributed by atoms with Crippen molar-refractivity contribution >= 4 is 17.3 Å². The fraction of sp³-hybridized carbons (Fsp3) is 0.350. The first-order valence-corrected chi connectivity index (χ1v) is 8.98. The second kappa shape index (κ2) is 8.28. The van der Waals surface area contributed by atoms with Crippen LogP contribution in [0.5, 0.6) is 0 Å². The molecule has 1 aliphatic rings. The van der Waals surface area contributed by atoms with Gasteiger partial charge in [-0.2, -0.15) is 0 Å². The van der Waals surface area contributed by atoms with E-state index in [0.29, 0.717) is 30.6 Å². The number of benzene rings is 2. The number of likely N-dealkylation sites (tertiary alicyclic amines) is 1. The zero-order valence-electron chi connectivity index (χ0n) is 15.3. The lowest BCUT2D eigenvalue weighted by atomic mass is 9.89. The van der Waals surface area contributed by atoms with Crippen molar-refractivity contribution < 1.29 is 9.72 Å². The number of non-ortho nitro benzene ring substituents is 1. The third-order valence-electron chi connectivity index (χ3n) is 5.23. The van der Waals surface area contributed by atoms with Gasteiger partial charge in [-0.15, -0.1) is 0 Å². The molecule has 3 rings (SSSR count). The van der Waals surface area contributed by atoms with Gasteiger partial charge < -0.3 is 10.6 Å². The van der Waals surface area contributed by atoms with Crippen molar-refractivity contribution in [2.24, 2.45) is 11.7 Å². The van der Waals surface area contributed by atoms with Gasteiger partial charge >= 0.3 is 0 Å². The zero-order chi connectivity index (χ0) is 19.4. The topological polar surface area (TPSA) is 92.7 Å². The molecule has 2 aromatic carbocycles. The van der Waals surface area contributed by atoms with E-state index < -0.39 is 4.92 Å². The molecule has 1 fully saturated rings. The number of carbonyl (C=O) groups excluding carboxylic acids is 1. The van der Waals surface area contributed by atoms with E-state index in [2.05, 4.69) is 17.0 Å². The minimum absolute atomic E-state index is 0.00984. The molecule has 0 radical (unpaired) electrons. The van der Waals surface area contributed by atoms with Crippen LogP contribution in [0, 0.1) is 16.0 Å². The summed E-state index contributed by atoms with van der Waals surface area (Å²) in [6, 6.07) is 16.3. The summed E-state index contributed by atoms with van der Waals surface area (Å²) in [5.41, 5.74) is 7.87. The number of likely N-dealkylation sites (N-methyl/N-ethyl adjacent to an activating group) is 1. The molecule has 2 atom stereocenters. The summed E-state index contributed by atoms with van der Waals surface area (Å²) in [6.45, 7) is 2.47. The molecule has 27 heavy (non-hydrogen) atoms. The van der Waals surface area contributed by atoms with Gasteiger partial charge in [0.15, 0.2) is 0 Å². The van der Waals surface area contributed by atoms with E-state index in [9.17, 15) is 14.9 Å². The van der Waals surface area contributed by atoms with Crippen molar-refractivity contribution in [1.82, 2.24) is 4.90 Å². The number of nitrogens with zero attached hydrogens (tertiary/aromatic N) is 3. The molecular formula is C20H24N4O3. The Kier molecular flexibility index (Phi) is 5.83.